The first-order valence-electron chi connectivity index (χ1n) is 13.0. The number of aryl methyl sites for hydroxylation is 2. The van der Waals surface area contributed by atoms with Crippen LogP contribution in [0.1, 0.15) is 28.8 Å². The number of fused-ring (bicyclic) bond motifs is 3. The van der Waals surface area contributed by atoms with Gasteiger partial charge in [-0.15, -0.1) is 11.3 Å². The van der Waals surface area contributed by atoms with Gasteiger partial charge in [0.15, 0.2) is 5.16 Å². The first-order valence-corrected chi connectivity index (χ1v) is 15.2. The normalized spacial score (nSPS) is 13.0. The number of hydrazone groups is 1. The zero-order chi connectivity index (χ0) is 27.5. The lowest BCUT2D eigenvalue weighted by molar-refractivity contribution is -0.118. The molecule has 3 aromatic carbocycles. The summed E-state index contributed by atoms with van der Waals surface area (Å²) in [5.41, 5.74) is 7.40. The van der Waals surface area contributed by atoms with Crippen LogP contribution in [-0.2, 0) is 17.6 Å². The number of carbonyl (C=O) groups is 1. The molecule has 0 atom stereocenters. The molecule has 0 unspecified atom stereocenters. The number of carbonyl (C=O) groups excluding carboxylic acids is 1. The van der Waals surface area contributed by atoms with Crippen LogP contribution < -0.4 is 11.0 Å². The quantitative estimate of drug-likeness (QED) is 0.0978. The molecule has 0 bridgehead atoms. The summed E-state index contributed by atoms with van der Waals surface area (Å²) in [7, 11) is 0. The Morgan fingerprint density at radius 1 is 1.00 bits per heavy atom. The van der Waals surface area contributed by atoms with Crippen LogP contribution in [0.15, 0.2) is 93.9 Å². The maximum absolute atomic E-state index is 13.8. The number of amides is 1. The highest BCUT2D eigenvalue weighted by Crippen LogP contribution is 2.35. The van der Waals surface area contributed by atoms with Crippen molar-refractivity contribution in [2.75, 3.05) is 5.75 Å². The first kappa shape index (κ1) is 26.5. The Labute approximate surface area is 244 Å². The van der Waals surface area contributed by atoms with Gasteiger partial charge in [-0.2, -0.15) is 5.10 Å². The van der Waals surface area contributed by atoms with Crippen molar-refractivity contribution in [3.8, 4) is 16.8 Å². The molecule has 1 N–H and O–H groups in total. The third kappa shape index (κ3) is 5.61. The molecule has 1 amide bonds. The van der Waals surface area contributed by atoms with Gasteiger partial charge in [-0.05, 0) is 72.2 Å². The van der Waals surface area contributed by atoms with Gasteiger partial charge >= 0.3 is 0 Å². The van der Waals surface area contributed by atoms with E-state index >= 15 is 0 Å². The van der Waals surface area contributed by atoms with Gasteiger partial charge in [-0.3, -0.25) is 14.2 Å². The second kappa shape index (κ2) is 11.8. The van der Waals surface area contributed by atoms with Crippen molar-refractivity contribution in [2.45, 2.75) is 30.8 Å². The lowest BCUT2D eigenvalue weighted by atomic mass is 9.97. The van der Waals surface area contributed by atoms with E-state index in [-0.39, 0.29) is 17.2 Å². The number of halogens is 1. The summed E-state index contributed by atoms with van der Waals surface area (Å²) < 4.78 is 1.59. The molecule has 0 radical (unpaired) electrons. The molecule has 9 heteroatoms. The molecule has 0 fully saturated rings. The molecule has 1 aliphatic rings. The monoisotopic (exact) mass is 584 g/mol. The van der Waals surface area contributed by atoms with E-state index in [2.05, 4.69) is 22.7 Å². The van der Waals surface area contributed by atoms with Gasteiger partial charge in [0.05, 0.1) is 23.0 Å². The van der Waals surface area contributed by atoms with E-state index < -0.39 is 0 Å². The molecule has 0 spiro atoms. The summed E-state index contributed by atoms with van der Waals surface area (Å²) in [5.74, 6) is -0.231. The van der Waals surface area contributed by atoms with Gasteiger partial charge in [0.2, 0.25) is 0 Å². The number of benzene rings is 3. The van der Waals surface area contributed by atoms with Crippen LogP contribution in [0.25, 0.3) is 27.0 Å². The standard InChI is InChI=1S/C31H25ClN4O2S2/c32-23-14-16-24(17-15-23)36-30(38)28-25-8-4-5-9-26(25)40-29(28)34-31(36)39-19-27(37)35-33-18-20-10-12-22(13-11-20)21-6-2-1-3-7-21/h1-3,6-7,10-18H,4-5,8-9,19H2,(H,35,37). The molecule has 1 aliphatic carbocycles. The van der Waals surface area contributed by atoms with Crippen molar-refractivity contribution in [1.29, 1.82) is 0 Å². The molecule has 40 heavy (non-hydrogen) atoms. The Morgan fingerprint density at radius 2 is 1.73 bits per heavy atom. The Morgan fingerprint density at radius 3 is 2.50 bits per heavy atom. The summed E-state index contributed by atoms with van der Waals surface area (Å²) in [6.45, 7) is 0. The molecule has 5 aromatic rings. The third-order valence-electron chi connectivity index (χ3n) is 6.80. The highest BCUT2D eigenvalue weighted by molar-refractivity contribution is 7.99. The van der Waals surface area contributed by atoms with Crippen LogP contribution in [0.2, 0.25) is 5.02 Å². The van der Waals surface area contributed by atoms with E-state index in [0.717, 1.165) is 52.8 Å². The lowest BCUT2D eigenvalue weighted by Gasteiger charge is -2.13. The van der Waals surface area contributed by atoms with Gasteiger partial charge in [0.1, 0.15) is 4.83 Å². The van der Waals surface area contributed by atoms with Gasteiger partial charge in [0, 0.05) is 9.90 Å². The molecular weight excluding hydrogens is 560 g/mol. The molecular formula is C31H25ClN4O2S2. The average Bonchev–Trinajstić information content (AvgIpc) is 3.36. The molecule has 200 valence electrons. The number of rotatable bonds is 7. The fraction of sp³-hybridized carbons (Fsp3) is 0.161. The summed E-state index contributed by atoms with van der Waals surface area (Å²) in [6.07, 6.45) is 5.70. The van der Waals surface area contributed by atoms with Gasteiger partial charge in [0.25, 0.3) is 11.5 Å². The van der Waals surface area contributed by atoms with Gasteiger partial charge < -0.3 is 0 Å². The highest BCUT2D eigenvalue weighted by atomic mass is 35.5. The van der Waals surface area contributed by atoms with E-state index in [1.165, 1.54) is 16.6 Å². The second-order valence-corrected chi connectivity index (χ2v) is 11.9. The minimum atomic E-state index is -0.287. The van der Waals surface area contributed by atoms with Crippen molar-refractivity contribution in [1.82, 2.24) is 15.0 Å². The maximum Gasteiger partial charge on any atom is 0.267 e. The predicted molar refractivity (Wildman–Crippen MR) is 165 cm³/mol. The minimum Gasteiger partial charge on any atom is -0.272 e. The molecule has 0 aliphatic heterocycles. The maximum atomic E-state index is 13.8. The molecule has 0 saturated heterocycles. The third-order valence-corrected chi connectivity index (χ3v) is 9.17. The number of hydrogen-bond acceptors (Lipinski definition) is 6. The van der Waals surface area contributed by atoms with Crippen molar-refractivity contribution < 1.29 is 4.79 Å². The van der Waals surface area contributed by atoms with Crippen LogP contribution in [0.3, 0.4) is 0 Å². The molecule has 2 aromatic heterocycles. The smallest absolute Gasteiger partial charge is 0.267 e. The van der Waals surface area contributed by atoms with Crippen molar-refractivity contribution in [2.24, 2.45) is 5.10 Å². The highest BCUT2D eigenvalue weighted by Gasteiger charge is 2.23. The van der Waals surface area contributed by atoms with Crippen molar-refractivity contribution >= 4 is 57.0 Å². The number of thiophene rings is 1. The molecule has 6 rings (SSSR count). The second-order valence-electron chi connectivity index (χ2n) is 9.47. The predicted octanol–water partition coefficient (Wildman–Crippen LogP) is 6.89. The van der Waals surface area contributed by atoms with E-state index in [4.69, 9.17) is 16.6 Å². The summed E-state index contributed by atoms with van der Waals surface area (Å²) in [6, 6.07) is 25.2. The fourth-order valence-corrected chi connectivity index (χ4v) is 7.07. The number of nitrogens with one attached hydrogen (secondary N) is 1. The summed E-state index contributed by atoms with van der Waals surface area (Å²) in [4.78, 5) is 33.3. The number of thioether (sulfide) groups is 1. The van der Waals surface area contributed by atoms with Crippen LogP contribution in [0, 0.1) is 0 Å². The summed E-state index contributed by atoms with van der Waals surface area (Å²) in [5, 5.41) is 5.87. The van der Waals surface area contributed by atoms with E-state index in [0.29, 0.717) is 21.3 Å². The van der Waals surface area contributed by atoms with E-state index in [1.54, 1.807) is 46.4 Å². The first-order chi connectivity index (χ1) is 19.6. The largest absolute Gasteiger partial charge is 0.272 e. The van der Waals surface area contributed by atoms with Crippen LogP contribution >= 0.6 is 34.7 Å². The van der Waals surface area contributed by atoms with Crippen molar-refractivity contribution in [3.05, 3.63) is 110 Å². The number of nitrogens with zero attached hydrogens (tertiary/aromatic N) is 3. The SMILES string of the molecule is O=C(CSc1nc2sc3c(c2c(=O)n1-c1ccc(Cl)cc1)CCCC3)NN=Cc1ccc(-c2ccccc2)cc1. The molecule has 2 heterocycles. The number of hydrogen-bond donors (Lipinski definition) is 1. The zero-order valence-electron chi connectivity index (χ0n) is 21.5. The zero-order valence-corrected chi connectivity index (χ0v) is 23.9. The topological polar surface area (TPSA) is 76.3 Å². The van der Waals surface area contributed by atoms with Gasteiger partial charge in [-0.1, -0.05) is 78.0 Å². The molecule has 6 nitrogen and oxygen atoms in total. The fourth-order valence-electron chi connectivity index (χ4n) is 4.83. The van der Waals surface area contributed by atoms with E-state index in [9.17, 15) is 9.59 Å². The van der Waals surface area contributed by atoms with Crippen LogP contribution in [0.5, 0.6) is 0 Å². The lowest BCUT2D eigenvalue weighted by Crippen LogP contribution is -2.24. The van der Waals surface area contributed by atoms with Gasteiger partial charge in [-0.25, -0.2) is 10.4 Å². The van der Waals surface area contributed by atoms with E-state index in [1.807, 2.05) is 42.5 Å². The minimum absolute atomic E-state index is 0.0565. The van der Waals surface area contributed by atoms with Crippen LogP contribution in [-0.4, -0.2) is 27.4 Å². The number of aromatic nitrogens is 2. The summed E-state index contributed by atoms with van der Waals surface area (Å²) >= 11 is 8.92. The molecule has 0 saturated carbocycles. The Hall–Kier alpha value is -3.72. The van der Waals surface area contributed by atoms with Crippen LogP contribution in [0.4, 0.5) is 0 Å². The Balaban J connectivity index is 1.19. The van der Waals surface area contributed by atoms with Crippen molar-refractivity contribution in [3.63, 3.8) is 0 Å². The Bertz CT molecular complexity index is 1760. The Kier molecular flexibility index (Phi) is 7.82. The average molecular weight is 585 g/mol.